The minimum atomic E-state index is -0.449. The second-order valence-electron chi connectivity index (χ2n) is 5.63. The molecule has 0 aliphatic carbocycles. The Labute approximate surface area is 160 Å². The lowest BCUT2D eigenvalue weighted by molar-refractivity contribution is -0.119. The molecule has 5 nitrogen and oxygen atoms in total. The highest BCUT2D eigenvalue weighted by atomic mass is 32.2. The number of hydrogen-bond donors (Lipinski definition) is 0. The molecule has 0 N–H and O–H groups in total. The molecule has 0 bridgehead atoms. The van der Waals surface area contributed by atoms with Crippen molar-refractivity contribution in [2.45, 2.75) is 6.92 Å². The van der Waals surface area contributed by atoms with Gasteiger partial charge in [-0.15, -0.1) is 11.8 Å². The maximum absolute atomic E-state index is 13.2. The van der Waals surface area contributed by atoms with Gasteiger partial charge in [0.15, 0.2) is 11.5 Å². The van der Waals surface area contributed by atoms with Gasteiger partial charge in [-0.25, -0.2) is 9.29 Å². The summed E-state index contributed by atoms with van der Waals surface area (Å²) >= 11 is 1.30. The van der Waals surface area contributed by atoms with Gasteiger partial charge in [-0.2, -0.15) is 0 Å². The highest BCUT2D eigenvalue weighted by Gasteiger charge is 2.40. The fourth-order valence-corrected chi connectivity index (χ4v) is 3.71. The van der Waals surface area contributed by atoms with Crippen LogP contribution in [-0.4, -0.2) is 31.8 Å². The van der Waals surface area contributed by atoms with Crippen molar-refractivity contribution in [2.75, 3.05) is 24.9 Å². The van der Waals surface area contributed by atoms with Crippen molar-refractivity contribution in [1.29, 1.82) is 0 Å². The summed E-state index contributed by atoms with van der Waals surface area (Å²) in [7, 11) is 3.03. The number of rotatable bonds is 6. The number of carbonyl (C=O) groups is 2. The standard InChI is InChI=1S/C20H18FNO4S/c1-4-27-18-17(12-5-10-15(25-2)16(11-12)26-3)19(23)22(20(18)24)14-8-6-13(21)7-9-14/h5-11H,4H2,1-3H3. The number of amides is 2. The highest BCUT2D eigenvalue weighted by molar-refractivity contribution is 8.04. The SMILES string of the molecule is CCSC1=C(c2ccc(OC)c(OC)c2)C(=O)N(c2ccc(F)cc2)C1=O. The topological polar surface area (TPSA) is 55.8 Å². The van der Waals surface area contributed by atoms with Gasteiger partial charge in [0, 0.05) is 0 Å². The fourth-order valence-electron chi connectivity index (χ4n) is 2.86. The molecule has 3 rings (SSSR count). The molecule has 0 aromatic heterocycles. The molecule has 0 spiro atoms. The van der Waals surface area contributed by atoms with E-state index in [1.54, 1.807) is 18.2 Å². The first-order chi connectivity index (χ1) is 13.0. The Bertz CT molecular complexity index is 924. The van der Waals surface area contributed by atoms with Crippen LogP contribution in [0.2, 0.25) is 0 Å². The molecule has 1 aliphatic heterocycles. The number of ether oxygens (including phenoxy) is 2. The van der Waals surface area contributed by atoms with Crippen molar-refractivity contribution in [3.8, 4) is 11.5 Å². The quantitative estimate of drug-likeness (QED) is 0.704. The third kappa shape index (κ3) is 3.42. The zero-order chi connectivity index (χ0) is 19.6. The second-order valence-corrected chi connectivity index (χ2v) is 6.90. The van der Waals surface area contributed by atoms with Crippen molar-refractivity contribution < 1.29 is 23.5 Å². The molecule has 140 valence electrons. The van der Waals surface area contributed by atoms with E-state index >= 15 is 0 Å². The second kappa shape index (κ2) is 7.84. The predicted molar refractivity (Wildman–Crippen MR) is 103 cm³/mol. The molecule has 0 radical (unpaired) electrons. The molecule has 1 heterocycles. The van der Waals surface area contributed by atoms with Crippen molar-refractivity contribution in [1.82, 2.24) is 0 Å². The lowest BCUT2D eigenvalue weighted by atomic mass is 10.1. The normalized spacial score (nSPS) is 14.1. The van der Waals surface area contributed by atoms with Gasteiger partial charge in [-0.05, 0) is 47.7 Å². The molecule has 2 aromatic carbocycles. The Balaban J connectivity index is 2.10. The van der Waals surface area contributed by atoms with Crippen LogP contribution in [0.3, 0.4) is 0 Å². The summed E-state index contributed by atoms with van der Waals surface area (Å²) in [6.45, 7) is 1.90. The van der Waals surface area contributed by atoms with E-state index in [-0.39, 0.29) is 0 Å². The first-order valence-corrected chi connectivity index (χ1v) is 9.24. The summed E-state index contributed by atoms with van der Waals surface area (Å²) in [5.74, 6) is 0.317. The van der Waals surface area contributed by atoms with Crippen LogP contribution in [0.15, 0.2) is 47.4 Å². The van der Waals surface area contributed by atoms with Gasteiger partial charge in [-0.1, -0.05) is 13.0 Å². The minimum absolute atomic E-state index is 0.303. The van der Waals surface area contributed by atoms with E-state index < -0.39 is 17.6 Å². The van der Waals surface area contributed by atoms with Crippen LogP contribution in [0.4, 0.5) is 10.1 Å². The number of benzene rings is 2. The highest BCUT2D eigenvalue weighted by Crippen LogP contribution is 2.40. The largest absolute Gasteiger partial charge is 0.493 e. The number of anilines is 1. The van der Waals surface area contributed by atoms with Crippen LogP contribution in [0.25, 0.3) is 5.57 Å². The summed E-state index contributed by atoms with van der Waals surface area (Å²) < 4.78 is 23.8. The van der Waals surface area contributed by atoms with Crippen molar-refractivity contribution in [2.24, 2.45) is 0 Å². The molecule has 0 saturated carbocycles. The van der Waals surface area contributed by atoms with Gasteiger partial charge in [-0.3, -0.25) is 9.59 Å². The van der Waals surface area contributed by atoms with Crippen LogP contribution >= 0.6 is 11.8 Å². The number of nitrogens with zero attached hydrogens (tertiary/aromatic N) is 1. The van der Waals surface area contributed by atoms with E-state index in [0.29, 0.717) is 39.0 Å². The third-order valence-corrected chi connectivity index (χ3v) is 5.04. The lowest BCUT2D eigenvalue weighted by Crippen LogP contribution is -2.31. The average Bonchev–Trinajstić information content (AvgIpc) is 2.92. The summed E-state index contributed by atoms with van der Waals surface area (Å²) in [6, 6.07) is 10.3. The van der Waals surface area contributed by atoms with Crippen molar-refractivity contribution in [3.05, 3.63) is 58.8 Å². The average molecular weight is 387 g/mol. The van der Waals surface area contributed by atoms with Crippen molar-refractivity contribution >= 4 is 34.8 Å². The van der Waals surface area contributed by atoms with Crippen LogP contribution in [-0.2, 0) is 9.59 Å². The maximum atomic E-state index is 13.2. The number of imide groups is 1. The molecular weight excluding hydrogens is 369 g/mol. The lowest BCUT2D eigenvalue weighted by Gasteiger charge is -2.15. The van der Waals surface area contributed by atoms with E-state index in [1.807, 2.05) is 6.92 Å². The Morgan fingerprint density at radius 2 is 1.63 bits per heavy atom. The number of thioether (sulfide) groups is 1. The molecule has 7 heteroatoms. The number of halogens is 1. The Hall–Kier alpha value is -2.80. The zero-order valence-electron chi connectivity index (χ0n) is 15.1. The molecule has 0 saturated heterocycles. The van der Waals surface area contributed by atoms with Crippen LogP contribution in [0.1, 0.15) is 12.5 Å². The fraction of sp³-hybridized carbons (Fsp3) is 0.200. The van der Waals surface area contributed by atoms with Gasteiger partial charge in [0.05, 0.1) is 30.4 Å². The van der Waals surface area contributed by atoms with Gasteiger partial charge in [0.25, 0.3) is 11.8 Å². The van der Waals surface area contributed by atoms with Gasteiger partial charge >= 0.3 is 0 Å². The number of hydrogen-bond acceptors (Lipinski definition) is 5. The Morgan fingerprint density at radius 1 is 0.963 bits per heavy atom. The Kier molecular flexibility index (Phi) is 5.51. The molecule has 0 atom stereocenters. The Morgan fingerprint density at radius 3 is 2.22 bits per heavy atom. The monoisotopic (exact) mass is 387 g/mol. The summed E-state index contributed by atoms with van der Waals surface area (Å²) in [4.78, 5) is 27.5. The number of methoxy groups -OCH3 is 2. The van der Waals surface area contributed by atoms with Crippen molar-refractivity contribution in [3.63, 3.8) is 0 Å². The molecule has 0 unspecified atom stereocenters. The predicted octanol–water partition coefficient (Wildman–Crippen LogP) is 3.88. The van der Waals surface area contributed by atoms with Gasteiger partial charge in [0.2, 0.25) is 0 Å². The summed E-state index contributed by atoms with van der Waals surface area (Å²) in [5, 5.41) is 0. The first-order valence-electron chi connectivity index (χ1n) is 8.25. The van der Waals surface area contributed by atoms with Crippen LogP contribution in [0, 0.1) is 5.82 Å². The summed E-state index contributed by atoms with van der Waals surface area (Å²) in [5.41, 5.74) is 1.19. The maximum Gasteiger partial charge on any atom is 0.272 e. The van der Waals surface area contributed by atoms with E-state index in [1.165, 1.54) is 50.2 Å². The van der Waals surface area contributed by atoms with E-state index in [4.69, 9.17) is 9.47 Å². The number of carbonyl (C=O) groups excluding carboxylic acids is 2. The molecule has 27 heavy (non-hydrogen) atoms. The molecule has 1 aliphatic rings. The third-order valence-electron chi connectivity index (χ3n) is 4.09. The zero-order valence-corrected chi connectivity index (χ0v) is 15.9. The van der Waals surface area contributed by atoms with Crippen LogP contribution in [0.5, 0.6) is 11.5 Å². The molecular formula is C20H18FNO4S. The van der Waals surface area contributed by atoms with E-state index in [9.17, 15) is 14.0 Å². The van der Waals surface area contributed by atoms with E-state index in [0.717, 1.165) is 4.90 Å². The van der Waals surface area contributed by atoms with E-state index in [2.05, 4.69) is 0 Å². The first kappa shape index (κ1) is 19.0. The van der Waals surface area contributed by atoms with Crippen LogP contribution < -0.4 is 14.4 Å². The smallest absolute Gasteiger partial charge is 0.272 e. The molecule has 0 fully saturated rings. The molecule has 2 aromatic rings. The van der Waals surface area contributed by atoms with Gasteiger partial charge in [0.1, 0.15) is 5.82 Å². The molecule has 2 amide bonds. The minimum Gasteiger partial charge on any atom is -0.493 e. The van der Waals surface area contributed by atoms with Gasteiger partial charge < -0.3 is 9.47 Å². The summed E-state index contributed by atoms with van der Waals surface area (Å²) in [6.07, 6.45) is 0.